The number of nitrogens with one attached hydrogen (secondary N) is 1. The average molecular weight is 313 g/mol. The van der Waals surface area contributed by atoms with E-state index in [1.807, 2.05) is 42.5 Å². The molecule has 2 N–H and O–H groups in total. The fraction of sp³-hybridized carbons (Fsp3) is 0.278. The van der Waals surface area contributed by atoms with E-state index in [4.69, 9.17) is 14.6 Å². The molecule has 0 amide bonds. The monoisotopic (exact) mass is 313 g/mol. The summed E-state index contributed by atoms with van der Waals surface area (Å²) in [5.74, 6) is 0.467. The molecule has 0 radical (unpaired) electrons. The molecule has 0 aliphatic carbocycles. The summed E-state index contributed by atoms with van der Waals surface area (Å²) in [5.41, 5.74) is 3.10. The van der Waals surface area contributed by atoms with Crippen molar-refractivity contribution >= 4 is 5.97 Å². The predicted molar refractivity (Wildman–Crippen MR) is 85.7 cm³/mol. The van der Waals surface area contributed by atoms with Gasteiger partial charge in [-0.25, -0.2) is 0 Å². The molecule has 0 saturated heterocycles. The van der Waals surface area contributed by atoms with Gasteiger partial charge >= 0.3 is 5.97 Å². The fourth-order valence-electron chi connectivity index (χ4n) is 2.71. The first kappa shape index (κ1) is 15.4. The predicted octanol–water partition coefficient (Wildman–Crippen LogP) is 2.37. The minimum atomic E-state index is -0.835. The summed E-state index contributed by atoms with van der Waals surface area (Å²) < 4.78 is 11.3. The molecule has 0 saturated carbocycles. The van der Waals surface area contributed by atoms with Crippen molar-refractivity contribution in [3.05, 3.63) is 59.2 Å². The number of fused-ring (bicyclic) bond motifs is 1. The lowest BCUT2D eigenvalue weighted by Crippen LogP contribution is -2.41. The minimum Gasteiger partial charge on any atom is -0.493 e. The molecule has 5 heteroatoms. The maximum Gasteiger partial charge on any atom is 0.321 e. The van der Waals surface area contributed by atoms with E-state index in [9.17, 15) is 4.79 Å². The van der Waals surface area contributed by atoms with Crippen LogP contribution in [0.15, 0.2) is 42.5 Å². The van der Waals surface area contributed by atoms with E-state index < -0.39 is 12.0 Å². The molecule has 0 unspecified atom stereocenters. The number of rotatable bonds is 5. The topological polar surface area (TPSA) is 67.8 Å². The Balaban J connectivity index is 1.82. The summed E-state index contributed by atoms with van der Waals surface area (Å²) in [4.78, 5) is 11.2. The van der Waals surface area contributed by atoms with Crippen LogP contribution in [0.5, 0.6) is 11.5 Å². The molecule has 1 aliphatic rings. The summed E-state index contributed by atoms with van der Waals surface area (Å²) in [7, 11) is 1.60. The lowest BCUT2D eigenvalue weighted by atomic mass is 9.95. The Labute approximate surface area is 134 Å². The van der Waals surface area contributed by atoms with Crippen molar-refractivity contribution in [3.63, 3.8) is 0 Å². The third-order valence-electron chi connectivity index (χ3n) is 3.98. The van der Waals surface area contributed by atoms with E-state index in [0.717, 1.165) is 16.7 Å². The van der Waals surface area contributed by atoms with Crippen LogP contribution in [-0.4, -0.2) is 24.2 Å². The van der Waals surface area contributed by atoms with Gasteiger partial charge in [0.15, 0.2) is 11.5 Å². The number of hydrogen-bond acceptors (Lipinski definition) is 4. The van der Waals surface area contributed by atoms with Crippen molar-refractivity contribution in [3.8, 4) is 11.5 Å². The van der Waals surface area contributed by atoms with Gasteiger partial charge in [-0.05, 0) is 35.2 Å². The fourth-order valence-corrected chi connectivity index (χ4v) is 2.71. The van der Waals surface area contributed by atoms with Crippen molar-refractivity contribution in [2.75, 3.05) is 7.11 Å². The first-order valence-electron chi connectivity index (χ1n) is 7.50. The second-order valence-electron chi connectivity index (χ2n) is 5.52. The molecular formula is C18H19NO4. The second-order valence-corrected chi connectivity index (χ2v) is 5.52. The molecule has 0 spiro atoms. The molecule has 5 nitrogen and oxygen atoms in total. The Bertz CT molecular complexity index is 700. The van der Waals surface area contributed by atoms with Crippen molar-refractivity contribution in [1.82, 2.24) is 5.32 Å². The molecular weight excluding hydrogens is 294 g/mol. The third kappa shape index (κ3) is 3.46. The highest BCUT2D eigenvalue weighted by atomic mass is 16.5. The van der Waals surface area contributed by atoms with Crippen LogP contribution in [0.1, 0.15) is 16.7 Å². The zero-order chi connectivity index (χ0) is 16.2. The van der Waals surface area contributed by atoms with E-state index >= 15 is 0 Å². The molecule has 1 heterocycles. The Morgan fingerprint density at radius 1 is 1.22 bits per heavy atom. The normalized spacial score (nSPS) is 16.5. The van der Waals surface area contributed by atoms with Gasteiger partial charge in [-0.1, -0.05) is 30.3 Å². The Morgan fingerprint density at radius 2 is 1.96 bits per heavy atom. The number of carboxylic acid groups (broad SMARTS) is 1. The van der Waals surface area contributed by atoms with Crippen LogP contribution in [0.4, 0.5) is 0 Å². The molecule has 3 rings (SSSR count). The van der Waals surface area contributed by atoms with Gasteiger partial charge in [-0.2, -0.15) is 0 Å². The van der Waals surface area contributed by atoms with Crippen LogP contribution < -0.4 is 14.8 Å². The van der Waals surface area contributed by atoms with Gasteiger partial charge in [0.1, 0.15) is 12.6 Å². The van der Waals surface area contributed by atoms with Gasteiger partial charge in [-0.15, -0.1) is 0 Å². The summed E-state index contributed by atoms with van der Waals surface area (Å²) >= 11 is 0. The van der Waals surface area contributed by atoms with Gasteiger partial charge in [0, 0.05) is 6.54 Å². The number of ether oxygens (including phenoxy) is 2. The lowest BCUT2D eigenvalue weighted by Gasteiger charge is -2.24. The summed E-state index contributed by atoms with van der Waals surface area (Å²) in [6.07, 6.45) is 0.441. The van der Waals surface area contributed by atoms with Gasteiger partial charge in [-0.3, -0.25) is 4.79 Å². The number of carboxylic acids is 1. The van der Waals surface area contributed by atoms with Gasteiger partial charge < -0.3 is 19.9 Å². The van der Waals surface area contributed by atoms with Crippen LogP contribution in [0.25, 0.3) is 0 Å². The minimum absolute atomic E-state index is 0.441. The highest BCUT2D eigenvalue weighted by molar-refractivity contribution is 5.74. The number of carbonyl (C=O) groups is 1. The van der Waals surface area contributed by atoms with E-state index in [1.165, 1.54) is 0 Å². The SMILES string of the molecule is COc1cc2c(cc1OCc1ccccc1)C[C@@H](C(=O)O)NC2. The van der Waals surface area contributed by atoms with Crippen LogP contribution in [0.2, 0.25) is 0 Å². The van der Waals surface area contributed by atoms with Crippen LogP contribution >= 0.6 is 0 Å². The van der Waals surface area contributed by atoms with Crippen molar-refractivity contribution in [1.29, 1.82) is 0 Å². The Morgan fingerprint density at radius 3 is 2.65 bits per heavy atom. The Kier molecular flexibility index (Phi) is 4.48. The van der Waals surface area contributed by atoms with Crippen molar-refractivity contribution in [2.24, 2.45) is 0 Å². The molecule has 23 heavy (non-hydrogen) atoms. The molecule has 1 aliphatic heterocycles. The van der Waals surface area contributed by atoms with Crippen LogP contribution in [-0.2, 0) is 24.4 Å². The van der Waals surface area contributed by atoms with E-state index in [-0.39, 0.29) is 0 Å². The third-order valence-corrected chi connectivity index (χ3v) is 3.98. The second kappa shape index (κ2) is 6.71. The summed E-state index contributed by atoms with van der Waals surface area (Å²) in [5, 5.41) is 12.2. The zero-order valence-corrected chi connectivity index (χ0v) is 12.9. The highest BCUT2D eigenvalue weighted by Gasteiger charge is 2.25. The van der Waals surface area contributed by atoms with Crippen molar-refractivity contribution < 1.29 is 19.4 Å². The number of aliphatic carboxylic acids is 1. The van der Waals surface area contributed by atoms with E-state index in [0.29, 0.717) is 31.1 Å². The first-order chi connectivity index (χ1) is 11.2. The smallest absolute Gasteiger partial charge is 0.321 e. The molecule has 2 aromatic rings. The van der Waals surface area contributed by atoms with Crippen molar-refractivity contribution in [2.45, 2.75) is 25.6 Å². The van der Waals surface area contributed by atoms with E-state index in [1.54, 1.807) is 7.11 Å². The van der Waals surface area contributed by atoms with Crippen LogP contribution in [0.3, 0.4) is 0 Å². The lowest BCUT2D eigenvalue weighted by molar-refractivity contribution is -0.139. The number of hydrogen-bond donors (Lipinski definition) is 2. The van der Waals surface area contributed by atoms with Gasteiger partial charge in [0.2, 0.25) is 0 Å². The maximum absolute atomic E-state index is 11.2. The summed E-state index contributed by atoms with van der Waals surface area (Å²) in [6.45, 7) is 0.957. The number of benzene rings is 2. The molecule has 1 atom stereocenters. The summed E-state index contributed by atoms with van der Waals surface area (Å²) in [6, 6.07) is 13.1. The zero-order valence-electron chi connectivity index (χ0n) is 12.9. The van der Waals surface area contributed by atoms with Crippen LogP contribution in [0, 0.1) is 0 Å². The standard InChI is InChI=1S/C18H19NO4/c1-22-16-9-14-10-19-15(18(20)21)7-13(14)8-17(16)23-11-12-5-3-2-4-6-12/h2-6,8-9,15,19H,7,10-11H2,1H3,(H,20,21)/t15-/m0/s1. The molecule has 120 valence electrons. The van der Waals surface area contributed by atoms with E-state index in [2.05, 4.69) is 5.32 Å². The maximum atomic E-state index is 11.2. The average Bonchev–Trinajstić information content (AvgIpc) is 2.59. The quantitative estimate of drug-likeness (QED) is 0.887. The Hall–Kier alpha value is -2.53. The molecule has 0 bridgehead atoms. The molecule has 0 aromatic heterocycles. The largest absolute Gasteiger partial charge is 0.493 e. The first-order valence-corrected chi connectivity index (χ1v) is 7.50. The highest BCUT2D eigenvalue weighted by Crippen LogP contribution is 2.33. The number of methoxy groups -OCH3 is 1. The molecule has 2 aromatic carbocycles. The van der Waals surface area contributed by atoms with Gasteiger partial charge in [0.25, 0.3) is 0 Å². The van der Waals surface area contributed by atoms with Gasteiger partial charge in [0.05, 0.1) is 7.11 Å². The molecule has 0 fully saturated rings.